The van der Waals surface area contributed by atoms with E-state index in [4.69, 9.17) is 0 Å². The molecule has 124 valence electrons. The van der Waals surface area contributed by atoms with Crippen LogP contribution in [0.4, 0.5) is 0 Å². The van der Waals surface area contributed by atoms with Crippen LogP contribution in [0.1, 0.15) is 40.0 Å². The summed E-state index contributed by atoms with van der Waals surface area (Å²) in [6, 6.07) is 19.9. The van der Waals surface area contributed by atoms with Crippen LogP contribution in [-0.2, 0) is 4.57 Å². The molecule has 0 fully saturated rings. The molecule has 0 saturated carbocycles. The Labute approximate surface area is 140 Å². The van der Waals surface area contributed by atoms with E-state index in [2.05, 4.69) is 25.9 Å². The molecular formula is C20H28NOP. The summed E-state index contributed by atoms with van der Waals surface area (Å²) in [5, 5.41) is 5.32. The molecule has 2 aromatic carbocycles. The van der Waals surface area contributed by atoms with Crippen molar-refractivity contribution in [3.63, 3.8) is 0 Å². The number of hydrogen-bond acceptors (Lipinski definition) is 1. The highest BCUT2D eigenvalue weighted by atomic mass is 31.2. The van der Waals surface area contributed by atoms with Crippen LogP contribution in [0.3, 0.4) is 0 Å². The van der Waals surface area contributed by atoms with Crippen molar-refractivity contribution >= 4 is 17.9 Å². The molecule has 0 bridgehead atoms. The van der Waals surface area contributed by atoms with Gasteiger partial charge in [0, 0.05) is 16.7 Å². The molecule has 0 saturated heterocycles. The highest BCUT2D eigenvalue weighted by molar-refractivity contribution is 7.76. The molecule has 2 aromatic rings. The second kappa shape index (κ2) is 8.47. The van der Waals surface area contributed by atoms with Gasteiger partial charge in [0.05, 0.1) is 0 Å². The van der Waals surface area contributed by atoms with E-state index >= 15 is 0 Å². The number of nitrogens with one attached hydrogen (secondary N) is 1. The van der Waals surface area contributed by atoms with Crippen molar-refractivity contribution in [1.29, 1.82) is 0 Å². The molecule has 3 heteroatoms. The number of hydrogen-bond donors (Lipinski definition) is 1. The van der Waals surface area contributed by atoms with E-state index in [-0.39, 0.29) is 6.04 Å². The second-order valence-corrected chi connectivity index (χ2v) is 9.03. The summed E-state index contributed by atoms with van der Waals surface area (Å²) in [6.07, 6.45) is 3.17. The molecule has 0 unspecified atom stereocenters. The summed E-state index contributed by atoms with van der Waals surface area (Å²) in [4.78, 5) is 0. The maximum Gasteiger partial charge on any atom is 0.204 e. The molecule has 1 atom stereocenters. The standard InChI is InChI=1S/C20H28NOP/c1-4-11-18(16-17(2)3)21-23(22,19-12-7-5-8-13-19)20-14-9-6-10-15-20/h5-10,12-15,17-18H,4,11,16H2,1-3H3,(H,21,22)/t18-/m0/s1. The van der Waals surface area contributed by atoms with Gasteiger partial charge in [0.1, 0.15) is 0 Å². The van der Waals surface area contributed by atoms with E-state index in [1.807, 2.05) is 60.7 Å². The van der Waals surface area contributed by atoms with Crippen molar-refractivity contribution < 1.29 is 4.57 Å². The first-order valence-electron chi connectivity index (χ1n) is 8.55. The lowest BCUT2D eigenvalue weighted by atomic mass is 10.0. The topological polar surface area (TPSA) is 29.1 Å². The van der Waals surface area contributed by atoms with Crippen LogP contribution in [0.5, 0.6) is 0 Å². The lowest BCUT2D eigenvalue weighted by molar-refractivity contribution is 0.439. The van der Waals surface area contributed by atoms with Crippen LogP contribution in [-0.4, -0.2) is 6.04 Å². The zero-order valence-corrected chi connectivity index (χ0v) is 15.3. The Morgan fingerprint density at radius 2 is 1.39 bits per heavy atom. The van der Waals surface area contributed by atoms with E-state index in [9.17, 15) is 4.57 Å². The molecule has 2 nitrogen and oxygen atoms in total. The molecule has 0 amide bonds. The third-order valence-electron chi connectivity index (χ3n) is 4.00. The monoisotopic (exact) mass is 329 g/mol. The maximum atomic E-state index is 14.0. The predicted octanol–water partition coefficient (Wildman–Crippen LogP) is 4.72. The summed E-state index contributed by atoms with van der Waals surface area (Å²) in [5.41, 5.74) is 0. The highest BCUT2D eigenvalue weighted by Crippen LogP contribution is 2.40. The van der Waals surface area contributed by atoms with Crippen molar-refractivity contribution in [1.82, 2.24) is 5.09 Å². The smallest absolute Gasteiger partial charge is 0.204 e. The minimum atomic E-state index is -2.82. The van der Waals surface area contributed by atoms with Crippen molar-refractivity contribution in [3.8, 4) is 0 Å². The minimum absolute atomic E-state index is 0.270. The SMILES string of the molecule is CCC[C@@H](CC(C)C)NP(=O)(c1ccccc1)c1ccccc1. The lowest BCUT2D eigenvalue weighted by Crippen LogP contribution is -2.35. The first-order valence-corrected chi connectivity index (χ1v) is 10.3. The van der Waals surface area contributed by atoms with Gasteiger partial charge in [0.2, 0.25) is 7.29 Å². The Kier molecular flexibility index (Phi) is 6.62. The quantitative estimate of drug-likeness (QED) is 0.710. The van der Waals surface area contributed by atoms with Gasteiger partial charge in [-0.05, 0) is 43.0 Å². The summed E-state index contributed by atoms with van der Waals surface area (Å²) in [5.74, 6) is 0.582. The van der Waals surface area contributed by atoms with Gasteiger partial charge in [-0.25, -0.2) is 0 Å². The van der Waals surface area contributed by atoms with Crippen LogP contribution >= 0.6 is 7.29 Å². The molecule has 0 heterocycles. The van der Waals surface area contributed by atoms with Crippen LogP contribution < -0.4 is 15.7 Å². The Morgan fingerprint density at radius 1 is 0.913 bits per heavy atom. The molecule has 0 aliphatic rings. The first kappa shape index (κ1) is 18.0. The second-order valence-electron chi connectivity index (χ2n) is 6.52. The third-order valence-corrected chi connectivity index (χ3v) is 6.78. The summed E-state index contributed by atoms with van der Waals surface area (Å²) in [7, 11) is -2.82. The average molecular weight is 329 g/mol. The van der Waals surface area contributed by atoms with E-state index in [1.165, 1.54) is 0 Å². The molecule has 0 aliphatic carbocycles. The van der Waals surface area contributed by atoms with Crippen LogP contribution in [0, 0.1) is 5.92 Å². The molecular weight excluding hydrogens is 301 g/mol. The molecule has 23 heavy (non-hydrogen) atoms. The Bertz CT molecular complexity index is 581. The van der Waals surface area contributed by atoms with E-state index in [1.54, 1.807) is 0 Å². The van der Waals surface area contributed by atoms with Gasteiger partial charge < -0.3 is 0 Å². The van der Waals surface area contributed by atoms with Gasteiger partial charge in [-0.1, -0.05) is 63.6 Å². The zero-order valence-electron chi connectivity index (χ0n) is 14.4. The van der Waals surface area contributed by atoms with Gasteiger partial charge in [-0.3, -0.25) is 9.65 Å². The molecule has 1 N–H and O–H groups in total. The van der Waals surface area contributed by atoms with E-state index in [0.717, 1.165) is 29.9 Å². The number of rotatable bonds is 8. The molecule has 0 aliphatic heterocycles. The van der Waals surface area contributed by atoms with Gasteiger partial charge in [0.25, 0.3) is 0 Å². The van der Waals surface area contributed by atoms with Crippen molar-refractivity contribution in [2.24, 2.45) is 5.92 Å². The fourth-order valence-electron chi connectivity index (χ4n) is 2.98. The van der Waals surface area contributed by atoms with Crippen molar-refractivity contribution in [3.05, 3.63) is 60.7 Å². The largest absolute Gasteiger partial charge is 0.297 e. The Hall–Kier alpha value is -1.37. The Balaban J connectivity index is 2.40. The molecule has 0 radical (unpaired) electrons. The first-order chi connectivity index (χ1) is 11.1. The fraction of sp³-hybridized carbons (Fsp3) is 0.400. The summed E-state index contributed by atoms with van der Waals surface area (Å²) >= 11 is 0. The highest BCUT2D eigenvalue weighted by Gasteiger charge is 2.29. The van der Waals surface area contributed by atoms with Gasteiger partial charge in [-0.2, -0.15) is 0 Å². The molecule has 0 spiro atoms. The third kappa shape index (κ3) is 4.80. The number of benzene rings is 2. The van der Waals surface area contributed by atoms with Crippen molar-refractivity contribution in [2.75, 3.05) is 0 Å². The zero-order chi connectivity index (χ0) is 16.7. The minimum Gasteiger partial charge on any atom is -0.297 e. The maximum absolute atomic E-state index is 14.0. The van der Waals surface area contributed by atoms with E-state index < -0.39 is 7.29 Å². The fourth-order valence-corrected chi connectivity index (χ4v) is 5.51. The summed E-state index contributed by atoms with van der Waals surface area (Å²) in [6.45, 7) is 6.63. The van der Waals surface area contributed by atoms with Crippen molar-refractivity contribution in [2.45, 2.75) is 46.1 Å². The molecule has 0 aromatic heterocycles. The normalized spacial score (nSPS) is 13.2. The van der Waals surface area contributed by atoms with Gasteiger partial charge in [0.15, 0.2) is 0 Å². The predicted molar refractivity (Wildman–Crippen MR) is 101 cm³/mol. The van der Waals surface area contributed by atoms with Crippen LogP contribution in [0.25, 0.3) is 0 Å². The van der Waals surface area contributed by atoms with E-state index in [0.29, 0.717) is 5.92 Å². The van der Waals surface area contributed by atoms with Gasteiger partial charge in [-0.15, -0.1) is 0 Å². The van der Waals surface area contributed by atoms with Crippen LogP contribution in [0.2, 0.25) is 0 Å². The lowest BCUT2D eigenvalue weighted by Gasteiger charge is -2.28. The molecule has 2 rings (SSSR count). The van der Waals surface area contributed by atoms with Gasteiger partial charge >= 0.3 is 0 Å². The van der Waals surface area contributed by atoms with Crippen LogP contribution in [0.15, 0.2) is 60.7 Å². The Morgan fingerprint density at radius 3 is 1.78 bits per heavy atom. The average Bonchev–Trinajstić information content (AvgIpc) is 2.56. The summed E-state index contributed by atoms with van der Waals surface area (Å²) < 4.78 is 14.0.